The topological polar surface area (TPSA) is 0 Å². The molecule has 60 valence electrons. The summed E-state index contributed by atoms with van der Waals surface area (Å²) in [6.45, 7) is 2.09. The first-order valence-electron chi connectivity index (χ1n) is 3.56. The number of thioether (sulfide) groups is 1. The van der Waals surface area contributed by atoms with E-state index in [1.165, 1.54) is 10.5 Å². The second-order valence-corrected chi connectivity index (χ2v) is 4.11. The highest BCUT2D eigenvalue weighted by atomic mass is 32.2. The summed E-state index contributed by atoms with van der Waals surface area (Å²) in [6.07, 6.45) is 2.09. The molecule has 0 aliphatic carbocycles. The van der Waals surface area contributed by atoms with Crippen molar-refractivity contribution in [3.63, 3.8) is 0 Å². The highest BCUT2D eigenvalue weighted by molar-refractivity contribution is 7.98. The van der Waals surface area contributed by atoms with Crippen LogP contribution in [0.15, 0.2) is 29.2 Å². The van der Waals surface area contributed by atoms with Crippen LogP contribution < -0.4 is 0 Å². The molecule has 1 unspecified atom stereocenters. The standard InChI is InChI=1S/C9H12S2/c1-7(10)8-4-3-5-9(6-8)11-2/h3-7,10H,1-2H3. The Morgan fingerprint density at radius 2 is 2.18 bits per heavy atom. The summed E-state index contributed by atoms with van der Waals surface area (Å²) in [5.41, 5.74) is 1.29. The zero-order chi connectivity index (χ0) is 8.27. The molecule has 0 fully saturated rings. The highest BCUT2D eigenvalue weighted by Crippen LogP contribution is 2.23. The number of hydrogen-bond donors (Lipinski definition) is 1. The lowest BCUT2D eigenvalue weighted by Crippen LogP contribution is -1.83. The first kappa shape index (κ1) is 9.01. The van der Waals surface area contributed by atoms with Crippen molar-refractivity contribution in [2.24, 2.45) is 0 Å². The van der Waals surface area contributed by atoms with Crippen molar-refractivity contribution in [3.05, 3.63) is 29.8 Å². The average Bonchev–Trinajstić information content (AvgIpc) is 2.05. The van der Waals surface area contributed by atoms with Crippen molar-refractivity contribution < 1.29 is 0 Å². The molecule has 0 bridgehead atoms. The molecule has 0 aliphatic heterocycles. The molecule has 0 aromatic heterocycles. The van der Waals surface area contributed by atoms with Crippen molar-refractivity contribution in [1.82, 2.24) is 0 Å². The van der Waals surface area contributed by atoms with Gasteiger partial charge in [0.05, 0.1) is 0 Å². The number of rotatable bonds is 2. The van der Waals surface area contributed by atoms with Gasteiger partial charge in [0.1, 0.15) is 0 Å². The molecule has 1 aromatic rings. The van der Waals surface area contributed by atoms with E-state index in [0.717, 1.165) is 0 Å². The largest absolute Gasteiger partial charge is 0.171 e. The van der Waals surface area contributed by atoms with E-state index in [9.17, 15) is 0 Å². The van der Waals surface area contributed by atoms with Crippen molar-refractivity contribution in [2.75, 3.05) is 6.26 Å². The van der Waals surface area contributed by atoms with Crippen molar-refractivity contribution >= 4 is 24.4 Å². The van der Waals surface area contributed by atoms with Crippen LogP contribution in [0.1, 0.15) is 17.7 Å². The van der Waals surface area contributed by atoms with Gasteiger partial charge in [-0.15, -0.1) is 11.8 Å². The molecule has 1 atom stereocenters. The number of hydrogen-bond acceptors (Lipinski definition) is 2. The molecule has 0 spiro atoms. The van der Waals surface area contributed by atoms with Crippen LogP contribution in [0.3, 0.4) is 0 Å². The molecule has 2 heteroatoms. The Morgan fingerprint density at radius 3 is 2.73 bits per heavy atom. The van der Waals surface area contributed by atoms with Gasteiger partial charge in [-0.05, 0) is 30.9 Å². The Labute approximate surface area is 77.8 Å². The van der Waals surface area contributed by atoms with E-state index in [-0.39, 0.29) is 0 Å². The van der Waals surface area contributed by atoms with Gasteiger partial charge < -0.3 is 0 Å². The van der Waals surface area contributed by atoms with Gasteiger partial charge in [-0.2, -0.15) is 12.6 Å². The minimum Gasteiger partial charge on any atom is -0.171 e. The summed E-state index contributed by atoms with van der Waals surface area (Å²) in [5.74, 6) is 0. The molecule has 11 heavy (non-hydrogen) atoms. The van der Waals surface area contributed by atoms with Gasteiger partial charge in [0.2, 0.25) is 0 Å². The lowest BCUT2D eigenvalue weighted by atomic mass is 10.2. The maximum absolute atomic E-state index is 4.36. The fraction of sp³-hybridized carbons (Fsp3) is 0.333. The third-order valence-corrected chi connectivity index (χ3v) is 2.60. The maximum atomic E-state index is 4.36. The minimum atomic E-state index is 0.335. The van der Waals surface area contributed by atoms with Crippen LogP contribution >= 0.6 is 24.4 Å². The zero-order valence-electron chi connectivity index (χ0n) is 6.74. The second kappa shape index (κ2) is 4.07. The fourth-order valence-electron chi connectivity index (χ4n) is 0.901. The fourth-order valence-corrected chi connectivity index (χ4v) is 1.53. The van der Waals surface area contributed by atoms with E-state index >= 15 is 0 Å². The maximum Gasteiger partial charge on any atom is 0.0239 e. The summed E-state index contributed by atoms with van der Waals surface area (Å²) in [6, 6.07) is 8.48. The summed E-state index contributed by atoms with van der Waals surface area (Å²) in [5, 5.41) is 0.335. The minimum absolute atomic E-state index is 0.335. The van der Waals surface area contributed by atoms with Crippen LogP contribution in [0.2, 0.25) is 0 Å². The quantitative estimate of drug-likeness (QED) is 0.543. The normalized spacial score (nSPS) is 13.0. The molecule has 0 radical (unpaired) electrons. The van der Waals surface area contributed by atoms with Crippen molar-refractivity contribution in [3.8, 4) is 0 Å². The molecule has 0 N–H and O–H groups in total. The predicted octanol–water partition coefficient (Wildman–Crippen LogP) is 3.40. The number of thiol groups is 1. The van der Waals surface area contributed by atoms with Gasteiger partial charge in [0.15, 0.2) is 0 Å². The van der Waals surface area contributed by atoms with Gasteiger partial charge >= 0.3 is 0 Å². The first-order chi connectivity index (χ1) is 5.24. The van der Waals surface area contributed by atoms with Gasteiger partial charge in [-0.3, -0.25) is 0 Å². The van der Waals surface area contributed by atoms with Gasteiger partial charge in [0, 0.05) is 10.1 Å². The second-order valence-electron chi connectivity index (χ2n) is 2.45. The van der Waals surface area contributed by atoms with E-state index in [1.807, 2.05) is 0 Å². The number of benzene rings is 1. The molecular formula is C9H12S2. The Bertz CT molecular complexity index is 231. The van der Waals surface area contributed by atoms with Gasteiger partial charge in [-0.25, -0.2) is 0 Å². The summed E-state index contributed by atoms with van der Waals surface area (Å²) >= 11 is 6.13. The highest BCUT2D eigenvalue weighted by Gasteiger charge is 1.98. The molecule has 1 rings (SSSR count). The molecule has 0 aliphatic rings. The van der Waals surface area contributed by atoms with Crippen LogP contribution in [0, 0.1) is 0 Å². The first-order valence-corrected chi connectivity index (χ1v) is 5.30. The molecule has 0 heterocycles. The van der Waals surface area contributed by atoms with Crippen LogP contribution in [0.5, 0.6) is 0 Å². The van der Waals surface area contributed by atoms with E-state index in [1.54, 1.807) is 11.8 Å². The Kier molecular flexibility index (Phi) is 3.34. The molecule has 0 amide bonds. The van der Waals surface area contributed by atoms with Gasteiger partial charge in [-0.1, -0.05) is 12.1 Å². The van der Waals surface area contributed by atoms with E-state index in [0.29, 0.717) is 5.25 Å². The lowest BCUT2D eigenvalue weighted by Gasteiger charge is -2.04. The van der Waals surface area contributed by atoms with Crippen LogP contribution in [0.25, 0.3) is 0 Å². The summed E-state index contributed by atoms with van der Waals surface area (Å²) in [7, 11) is 0. The third kappa shape index (κ3) is 2.46. The van der Waals surface area contributed by atoms with Crippen LogP contribution in [-0.2, 0) is 0 Å². The Morgan fingerprint density at radius 1 is 1.45 bits per heavy atom. The lowest BCUT2D eigenvalue weighted by molar-refractivity contribution is 1.10. The van der Waals surface area contributed by atoms with Crippen LogP contribution in [0.4, 0.5) is 0 Å². The van der Waals surface area contributed by atoms with Crippen LogP contribution in [-0.4, -0.2) is 6.26 Å². The molecule has 0 nitrogen and oxygen atoms in total. The Balaban J connectivity index is 2.91. The average molecular weight is 184 g/mol. The van der Waals surface area contributed by atoms with Gasteiger partial charge in [0.25, 0.3) is 0 Å². The van der Waals surface area contributed by atoms with E-state index in [4.69, 9.17) is 0 Å². The predicted molar refractivity (Wildman–Crippen MR) is 55.6 cm³/mol. The molecule has 0 saturated carbocycles. The summed E-state index contributed by atoms with van der Waals surface area (Å²) in [4.78, 5) is 1.31. The molecule has 0 saturated heterocycles. The Hall–Kier alpha value is -0.0800. The zero-order valence-corrected chi connectivity index (χ0v) is 8.45. The third-order valence-electron chi connectivity index (χ3n) is 1.58. The SMILES string of the molecule is CSc1cccc(C(C)S)c1. The van der Waals surface area contributed by atoms with E-state index in [2.05, 4.69) is 50.1 Å². The summed E-state index contributed by atoms with van der Waals surface area (Å²) < 4.78 is 0. The van der Waals surface area contributed by atoms with Crippen molar-refractivity contribution in [1.29, 1.82) is 0 Å². The molecule has 1 aromatic carbocycles. The van der Waals surface area contributed by atoms with Crippen molar-refractivity contribution in [2.45, 2.75) is 17.1 Å². The smallest absolute Gasteiger partial charge is 0.0239 e. The monoisotopic (exact) mass is 184 g/mol. The van der Waals surface area contributed by atoms with E-state index < -0.39 is 0 Å². The molecular weight excluding hydrogens is 172 g/mol.